The average molecular weight is 329 g/mol. The highest BCUT2D eigenvalue weighted by atomic mass is 16.5. The smallest absolute Gasteiger partial charge is 0.0896 e. The van der Waals surface area contributed by atoms with Crippen LogP contribution in [0, 0.1) is 5.92 Å². The Morgan fingerprint density at radius 3 is 2.92 bits per heavy atom. The average Bonchev–Trinajstić information content (AvgIpc) is 3.35. The molecule has 1 aliphatic heterocycles. The van der Waals surface area contributed by atoms with Gasteiger partial charge in [0.2, 0.25) is 0 Å². The second-order valence-corrected chi connectivity index (χ2v) is 7.12. The van der Waals surface area contributed by atoms with Gasteiger partial charge < -0.3 is 10.1 Å². The Labute approximate surface area is 143 Å². The van der Waals surface area contributed by atoms with E-state index in [0.717, 1.165) is 26.1 Å². The van der Waals surface area contributed by atoms with E-state index in [4.69, 9.17) is 4.74 Å². The van der Waals surface area contributed by atoms with Crippen molar-refractivity contribution >= 4 is 0 Å². The number of nitrogens with one attached hydrogen (secondary N) is 1. The molecule has 0 spiro atoms. The van der Waals surface area contributed by atoms with Crippen LogP contribution in [0.2, 0.25) is 0 Å². The van der Waals surface area contributed by atoms with Gasteiger partial charge in [0.15, 0.2) is 0 Å². The molecule has 2 atom stereocenters. The van der Waals surface area contributed by atoms with E-state index in [-0.39, 0.29) is 6.10 Å². The number of aromatic nitrogens is 4. The van der Waals surface area contributed by atoms with Crippen LogP contribution in [0.5, 0.6) is 0 Å². The molecule has 130 valence electrons. The third-order valence-electron chi connectivity index (χ3n) is 5.40. The van der Waals surface area contributed by atoms with Gasteiger partial charge in [-0.05, 0) is 25.3 Å². The van der Waals surface area contributed by atoms with E-state index in [1.54, 1.807) is 0 Å². The summed E-state index contributed by atoms with van der Waals surface area (Å²) in [6, 6.07) is 2.75. The molecule has 4 rings (SSSR count). The van der Waals surface area contributed by atoms with Gasteiger partial charge in [-0.25, -0.2) is 0 Å². The van der Waals surface area contributed by atoms with Crippen LogP contribution in [0.3, 0.4) is 0 Å². The molecule has 2 aromatic heterocycles. The number of rotatable bonds is 6. The Balaban J connectivity index is 1.33. The first kappa shape index (κ1) is 15.8. The van der Waals surface area contributed by atoms with Gasteiger partial charge in [0.05, 0.1) is 24.0 Å². The van der Waals surface area contributed by atoms with Crippen molar-refractivity contribution in [3.8, 4) is 0 Å². The predicted octanol–water partition coefficient (Wildman–Crippen LogP) is 2.60. The summed E-state index contributed by atoms with van der Waals surface area (Å²) in [5.74, 6) is 0.511. The molecule has 0 unspecified atom stereocenters. The van der Waals surface area contributed by atoms with Gasteiger partial charge in [-0.3, -0.25) is 9.36 Å². The van der Waals surface area contributed by atoms with E-state index >= 15 is 0 Å². The van der Waals surface area contributed by atoms with Gasteiger partial charge in [0.25, 0.3) is 0 Å². The van der Waals surface area contributed by atoms with Crippen LogP contribution >= 0.6 is 0 Å². The van der Waals surface area contributed by atoms with Gasteiger partial charge >= 0.3 is 0 Å². The monoisotopic (exact) mass is 329 g/mol. The summed E-state index contributed by atoms with van der Waals surface area (Å²) < 4.78 is 10.0. The lowest BCUT2D eigenvalue weighted by Crippen LogP contribution is -2.26. The lowest BCUT2D eigenvalue weighted by atomic mass is 9.97. The van der Waals surface area contributed by atoms with E-state index in [1.165, 1.54) is 36.9 Å². The van der Waals surface area contributed by atoms with Crippen LogP contribution in [-0.4, -0.2) is 32.7 Å². The van der Waals surface area contributed by atoms with Gasteiger partial charge in [-0.1, -0.05) is 12.8 Å². The number of ether oxygens (including phenoxy) is 1. The normalized spacial score (nSPS) is 24.9. The van der Waals surface area contributed by atoms with E-state index in [1.807, 2.05) is 24.1 Å². The first-order valence-corrected chi connectivity index (χ1v) is 9.14. The number of nitrogens with zero attached hydrogens (tertiary/aromatic N) is 4. The number of hydrogen-bond donors (Lipinski definition) is 1. The largest absolute Gasteiger partial charge is 0.373 e. The van der Waals surface area contributed by atoms with Crippen LogP contribution in [0.15, 0.2) is 24.7 Å². The first-order chi connectivity index (χ1) is 11.8. The fourth-order valence-electron chi connectivity index (χ4n) is 4.14. The third kappa shape index (κ3) is 3.26. The Kier molecular flexibility index (Phi) is 4.67. The van der Waals surface area contributed by atoms with Crippen molar-refractivity contribution in [1.29, 1.82) is 0 Å². The summed E-state index contributed by atoms with van der Waals surface area (Å²) in [7, 11) is 1.95. The molecule has 6 heteroatoms. The highest BCUT2D eigenvalue weighted by molar-refractivity contribution is 5.11. The molecule has 0 amide bonds. The molecule has 1 aliphatic carbocycles. The molecule has 2 aliphatic rings. The van der Waals surface area contributed by atoms with Crippen LogP contribution < -0.4 is 5.32 Å². The van der Waals surface area contributed by atoms with Crippen molar-refractivity contribution in [3.05, 3.63) is 35.9 Å². The molecule has 0 bridgehead atoms. The Morgan fingerprint density at radius 2 is 2.12 bits per heavy atom. The molecule has 2 fully saturated rings. The third-order valence-corrected chi connectivity index (χ3v) is 5.40. The highest BCUT2D eigenvalue weighted by Gasteiger charge is 2.30. The lowest BCUT2D eigenvalue weighted by molar-refractivity contribution is 0.0903. The van der Waals surface area contributed by atoms with Crippen LogP contribution in [-0.2, 0) is 18.3 Å². The summed E-state index contributed by atoms with van der Waals surface area (Å²) >= 11 is 0. The van der Waals surface area contributed by atoms with E-state index in [0.29, 0.717) is 12.0 Å². The summed E-state index contributed by atoms with van der Waals surface area (Å²) in [6.45, 7) is 2.69. The number of aryl methyl sites for hydroxylation is 1. The van der Waals surface area contributed by atoms with Crippen molar-refractivity contribution in [2.24, 2.45) is 13.0 Å². The second-order valence-electron chi connectivity index (χ2n) is 7.12. The van der Waals surface area contributed by atoms with Crippen molar-refractivity contribution in [3.63, 3.8) is 0 Å². The Hall–Kier alpha value is -1.66. The minimum Gasteiger partial charge on any atom is -0.373 e. The van der Waals surface area contributed by atoms with E-state index in [2.05, 4.69) is 32.5 Å². The van der Waals surface area contributed by atoms with Crippen LogP contribution in [0.1, 0.15) is 55.5 Å². The maximum Gasteiger partial charge on any atom is 0.0896 e. The summed E-state index contributed by atoms with van der Waals surface area (Å²) in [6.07, 6.45) is 12.4. The zero-order chi connectivity index (χ0) is 16.4. The van der Waals surface area contributed by atoms with Crippen LogP contribution in [0.4, 0.5) is 0 Å². The predicted molar refractivity (Wildman–Crippen MR) is 91.4 cm³/mol. The van der Waals surface area contributed by atoms with Gasteiger partial charge in [0.1, 0.15) is 0 Å². The molecule has 0 aromatic carbocycles. The molecule has 3 heterocycles. The van der Waals surface area contributed by atoms with E-state index < -0.39 is 0 Å². The minimum atomic E-state index is 0.172. The summed E-state index contributed by atoms with van der Waals surface area (Å²) in [5.41, 5.74) is 2.50. The molecule has 0 radical (unpaired) electrons. The summed E-state index contributed by atoms with van der Waals surface area (Å²) in [4.78, 5) is 0. The molecule has 1 N–H and O–H groups in total. The van der Waals surface area contributed by atoms with Gasteiger partial charge in [0, 0.05) is 50.6 Å². The number of hydrogen-bond acceptors (Lipinski definition) is 4. The Morgan fingerprint density at radius 1 is 1.25 bits per heavy atom. The SMILES string of the molecule is Cn1cc([C@@H]2OCC[C@H]2CNCc2ccnn2C2CCCC2)cn1. The molecular formula is C18H27N5O. The van der Waals surface area contributed by atoms with Gasteiger partial charge in [-0.15, -0.1) is 0 Å². The molecule has 24 heavy (non-hydrogen) atoms. The van der Waals surface area contributed by atoms with Gasteiger partial charge in [-0.2, -0.15) is 10.2 Å². The topological polar surface area (TPSA) is 56.9 Å². The van der Waals surface area contributed by atoms with E-state index in [9.17, 15) is 0 Å². The zero-order valence-corrected chi connectivity index (χ0v) is 14.4. The molecule has 2 aromatic rings. The Bertz CT molecular complexity index is 658. The van der Waals surface area contributed by atoms with Crippen molar-refractivity contribution in [1.82, 2.24) is 24.9 Å². The standard InChI is InChI=1S/C18H27N5O/c1-22-13-15(11-21-22)18-14(7-9-24-18)10-19-12-17-6-8-20-23(17)16-4-2-3-5-16/h6,8,11,13-14,16,18-19H,2-5,7,9-10,12H2,1H3/t14-,18+/m0/s1. The zero-order valence-electron chi connectivity index (χ0n) is 14.4. The molecule has 1 saturated carbocycles. The molecule has 1 saturated heterocycles. The summed E-state index contributed by atoms with van der Waals surface area (Å²) in [5, 5.41) is 12.5. The lowest BCUT2D eigenvalue weighted by Gasteiger charge is -2.19. The molecule has 6 nitrogen and oxygen atoms in total. The minimum absolute atomic E-state index is 0.172. The highest BCUT2D eigenvalue weighted by Crippen LogP contribution is 2.34. The molecular weight excluding hydrogens is 302 g/mol. The van der Waals surface area contributed by atoms with Crippen molar-refractivity contribution < 1.29 is 4.74 Å². The fraction of sp³-hybridized carbons (Fsp3) is 0.667. The van der Waals surface area contributed by atoms with Crippen LogP contribution in [0.25, 0.3) is 0 Å². The second kappa shape index (κ2) is 7.07. The fourth-order valence-corrected chi connectivity index (χ4v) is 4.14. The quantitative estimate of drug-likeness (QED) is 0.885. The van der Waals surface area contributed by atoms with Crippen molar-refractivity contribution in [2.75, 3.05) is 13.2 Å². The first-order valence-electron chi connectivity index (χ1n) is 9.14. The van der Waals surface area contributed by atoms with Crippen molar-refractivity contribution in [2.45, 2.75) is 50.8 Å². The maximum atomic E-state index is 5.95. The maximum absolute atomic E-state index is 5.95.